The minimum Gasteiger partial charge on any atom is -0.373 e. The Balaban J connectivity index is 1.49. The van der Waals surface area contributed by atoms with E-state index >= 15 is 0 Å². The molecule has 0 spiro atoms. The summed E-state index contributed by atoms with van der Waals surface area (Å²) in [6, 6.07) is 21.1. The molecule has 1 fully saturated rings. The van der Waals surface area contributed by atoms with Crippen LogP contribution in [0.2, 0.25) is 0 Å². The number of rotatable bonds is 5. The van der Waals surface area contributed by atoms with E-state index in [1.807, 2.05) is 35.2 Å². The molecule has 0 atom stereocenters. The largest absolute Gasteiger partial charge is 0.373 e. The molecule has 33 heavy (non-hydrogen) atoms. The van der Waals surface area contributed by atoms with Crippen molar-refractivity contribution in [3.05, 3.63) is 94.7 Å². The number of hydrogen-bond acceptors (Lipinski definition) is 6. The van der Waals surface area contributed by atoms with Crippen LogP contribution < -0.4 is 5.32 Å². The van der Waals surface area contributed by atoms with Crippen LogP contribution in [0.25, 0.3) is 0 Å². The van der Waals surface area contributed by atoms with Gasteiger partial charge < -0.3 is 5.32 Å². The second kappa shape index (κ2) is 8.54. The molecule has 2 heterocycles. The third-order valence-corrected chi connectivity index (χ3v) is 6.95. The van der Waals surface area contributed by atoms with Gasteiger partial charge in [-0.25, -0.2) is 4.98 Å². The van der Waals surface area contributed by atoms with Crippen LogP contribution in [-0.4, -0.2) is 59.6 Å². The van der Waals surface area contributed by atoms with Gasteiger partial charge in [0, 0.05) is 50.9 Å². The number of carbonyl (C=O) groups excluding carboxylic acids is 2. The molecule has 168 valence electrons. The number of anilines is 1. The van der Waals surface area contributed by atoms with E-state index in [9.17, 15) is 9.59 Å². The Bertz CT molecular complexity index is 1180. The van der Waals surface area contributed by atoms with Crippen LogP contribution in [0.5, 0.6) is 0 Å². The number of Topliss-reactive ketones (excluding diaryl/α,β-unsaturated/α-hetero) is 2. The van der Waals surface area contributed by atoms with Crippen LogP contribution in [0, 0.1) is 6.92 Å². The summed E-state index contributed by atoms with van der Waals surface area (Å²) >= 11 is 0. The summed E-state index contributed by atoms with van der Waals surface area (Å²) in [4.78, 5) is 37.0. The third kappa shape index (κ3) is 3.46. The lowest BCUT2D eigenvalue weighted by atomic mass is 9.85. The van der Waals surface area contributed by atoms with Gasteiger partial charge in [-0.3, -0.25) is 19.4 Å². The molecule has 1 aliphatic carbocycles. The van der Waals surface area contributed by atoms with E-state index in [-0.39, 0.29) is 11.6 Å². The molecular weight excluding hydrogens is 412 g/mol. The fourth-order valence-corrected chi connectivity index (χ4v) is 5.10. The van der Waals surface area contributed by atoms with Gasteiger partial charge in [0.25, 0.3) is 0 Å². The van der Waals surface area contributed by atoms with E-state index in [1.54, 1.807) is 19.2 Å². The van der Waals surface area contributed by atoms with E-state index in [0.717, 1.165) is 19.6 Å². The van der Waals surface area contributed by atoms with E-state index in [1.165, 1.54) is 11.1 Å². The molecule has 1 aliphatic heterocycles. The Labute approximate surface area is 194 Å². The van der Waals surface area contributed by atoms with Crippen molar-refractivity contribution in [3.8, 4) is 0 Å². The van der Waals surface area contributed by atoms with Gasteiger partial charge in [0.15, 0.2) is 17.1 Å². The van der Waals surface area contributed by atoms with E-state index in [4.69, 9.17) is 4.98 Å². The van der Waals surface area contributed by atoms with Crippen LogP contribution >= 0.6 is 0 Å². The first kappa shape index (κ1) is 21.5. The van der Waals surface area contributed by atoms with Crippen molar-refractivity contribution >= 4 is 17.4 Å². The zero-order chi connectivity index (χ0) is 23.0. The number of ketones is 2. The number of hydrogen-bond donors (Lipinski definition) is 1. The topological polar surface area (TPSA) is 65.5 Å². The summed E-state index contributed by atoms with van der Waals surface area (Å²) in [6.45, 7) is 5.78. The number of nitrogens with zero attached hydrogens (tertiary/aromatic N) is 3. The SMILES string of the molecule is CNc1cccc(C2(N3CCN(Cc4ccccc4C)CC3)C(=O)c3ccccc3C2=O)n1. The van der Waals surface area contributed by atoms with Gasteiger partial charge in [0.2, 0.25) is 0 Å². The maximum atomic E-state index is 13.9. The standard InChI is InChI=1S/C27H28N4O2/c1-19-8-3-4-9-20(19)18-30-14-16-31(17-15-30)27(23-12-7-13-24(28-2)29-23)25(32)21-10-5-6-11-22(21)26(27)33/h3-13H,14-18H2,1-2H3,(H,28,29). The van der Waals surface area contributed by atoms with Crippen LogP contribution in [0.3, 0.4) is 0 Å². The lowest BCUT2D eigenvalue weighted by Crippen LogP contribution is -2.60. The summed E-state index contributed by atoms with van der Waals surface area (Å²) in [5, 5.41) is 3.04. The number of nitrogens with one attached hydrogen (secondary N) is 1. The molecule has 1 aromatic heterocycles. The number of aryl methyl sites for hydroxylation is 1. The molecule has 0 amide bonds. The van der Waals surface area contributed by atoms with E-state index in [0.29, 0.717) is 35.7 Å². The molecule has 3 aromatic rings. The van der Waals surface area contributed by atoms with Gasteiger partial charge in [-0.2, -0.15) is 0 Å². The number of benzene rings is 2. The van der Waals surface area contributed by atoms with Crippen molar-refractivity contribution in [2.75, 3.05) is 38.5 Å². The molecule has 0 saturated carbocycles. The molecule has 0 radical (unpaired) electrons. The third-order valence-electron chi connectivity index (χ3n) is 6.95. The fourth-order valence-electron chi connectivity index (χ4n) is 5.10. The summed E-state index contributed by atoms with van der Waals surface area (Å²) < 4.78 is 0. The Morgan fingerprint density at radius 2 is 1.48 bits per heavy atom. The summed E-state index contributed by atoms with van der Waals surface area (Å²) in [6.07, 6.45) is 0. The van der Waals surface area contributed by atoms with Crippen LogP contribution in [0.1, 0.15) is 37.5 Å². The summed E-state index contributed by atoms with van der Waals surface area (Å²) in [7, 11) is 1.79. The fraction of sp³-hybridized carbons (Fsp3) is 0.296. The van der Waals surface area contributed by atoms with Gasteiger partial charge in [-0.1, -0.05) is 54.6 Å². The minimum absolute atomic E-state index is 0.170. The summed E-state index contributed by atoms with van der Waals surface area (Å²) in [5.74, 6) is 0.300. The molecule has 0 unspecified atom stereocenters. The number of piperazine rings is 1. The van der Waals surface area contributed by atoms with Gasteiger partial charge in [-0.05, 0) is 30.2 Å². The van der Waals surface area contributed by atoms with Crippen LogP contribution in [0.15, 0.2) is 66.7 Å². The van der Waals surface area contributed by atoms with Gasteiger partial charge >= 0.3 is 0 Å². The lowest BCUT2D eigenvalue weighted by molar-refractivity contribution is 0.0267. The average Bonchev–Trinajstić information content (AvgIpc) is 3.09. The number of aromatic nitrogens is 1. The minimum atomic E-state index is -1.41. The van der Waals surface area contributed by atoms with Crippen molar-refractivity contribution in [2.45, 2.75) is 19.0 Å². The molecule has 6 nitrogen and oxygen atoms in total. The van der Waals surface area contributed by atoms with Crippen LogP contribution in [0.4, 0.5) is 5.82 Å². The monoisotopic (exact) mass is 440 g/mol. The smallest absolute Gasteiger partial charge is 0.198 e. The van der Waals surface area contributed by atoms with Crippen molar-refractivity contribution in [1.29, 1.82) is 0 Å². The van der Waals surface area contributed by atoms with Gasteiger partial charge in [0.1, 0.15) is 5.82 Å². The molecule has 2 aromatic carbocycles. The zero-order valence-electron chi connectivity index (χ0n) is 19.0. The maximum absolute atomic E-state index is 13.9. The molecule has 5 rings (SSSR count). The summed E-state index contributed by atoms with van der Waals surface area (Å²) in [5.41, 5.74) is 2.65. The quantitative estimate of drug-likeness (QED) is 0.613. The maximum Gasteiger partial charge on any atom is 0.198 e. The van der Waals surface area contributed by atoms with Crippen molar-refractivity contribution < 1.29 is 9.59 Å². The highest BCUT2D eigenvalue weighted by atomic mass is 16.2. The Morgan fingerprint density at radius 1 is 0.848 bits per heavy atom. The molecule has 2 aliphatic rings. The first-order valence-corrected chi connectivity index (χ1v) is 11.4. The highest BCUT2D eigenvalue weighted by Crippen LogP contribution is 2.42. The molecule has 1 saturated heterocycles. The van der Waals surface area contributed by atoms with Crippen LogP contribution in [-0.2, 0) is 12.1 Å². The number of carbonyl (C=O) groups is 2. The molecule has 0 bridgehead atoms. The highest BCUT2D eigenvalue weighted by molar-refractivity contribution is 6.32. The Kier molecular flexibility index (Phi) is 5.56. The number of pyridine rings is 1. The van der Waals surface area contributed by atoms with Crippen molar-refractivity contribution in [3.63, 3.8) is 0 Å². The van der Waals surface area contributed by atoms with Crippen molar-refractivity contribution in [1.82, 2.24) is 14.8 Å². The van der Waals surface area contributed by atoms with Gasteiger partial charge in [0.05, 0.1) is 5.69 Å². The van der Waals surface area contributed by atoms with Crippen molar-refractivity contribution in [2.24, 2.45) is 0 Å². The first-order chi connectivity index (χ1) is 16.1. The predicted molar refractivity (Wildman–Crippen MR) is 129 cm³/mol. The second-order valence-electron chi connectivity index (χ2n) is 8.76. The normalized spacial score (nSPS) is 18.4. The highest BCUT2D eigenvalue weighted by Gasteiger charge is 2.59. The first-order valence-electron chi connectivity index (χ1n) is 11.4. The average molecular weight is 441 g/mol. The van der Waals surface area contributed by atoms with E-state index < -0.39 is 5.54 Å². The molecule has 1 N–H and O–H groups in total. The predicted octanol–water partition coefficient (Wildman–Crippen LogP) is 3.52. The van der Waals surface area contributed by atoms with Gasteiger partial charge in [-0.15, -0.1) is 0 Å². The van der Waals surface area contributed by atoms with E-state index in [2.05, 4.69) is 41.4 Å². The Hall–Kier alpha value is -3.35. The molecular formula is C27H28N4O2. The second-order valence-corrected chi connectivity index (χ2v) is 8.76. The lowest BCUT2D eigenvalue weighted by Gasteiger charge is -2.43. The Morgan fingerprint density at radius 3 is 2.12 bits per heavy atom. The molecule has 6 heteroatoms. The zero-order valence-corrected chi connectivity index (χ0v) is 19.0. The number of fused-ring (bicyclic) bond motifs is 1.